The van der Waals surface area contributed by atoms with Crippen LogP contribution in [0, 0.1) is 15.5 Å². The van der Waals surface area contributed by atoms with E-state index in [0.29, 0.717) is 17.8 Å². The SMILES string of the molecule is CC1(C)COB(c2ccco2)OC1c1ccccc1[N+](=O)[O-]. The van der Waals surface area contributed by atoms with E-state index in [1.54, 1.807) is 36.6 Å². The molecule has 6 nitrogen and oxygen atoms in total. The Balaban J connectivity index is 1.97. The van der Waals surface area contributed by atoms with Crippen molar-refractivity contribution >= 4 is 18.5 Å². The van der Waals surface area contributed by atoms with Gasteiger partial charge in [0.1, 0.15) is 5.66 Å². The molecule has 1 aromatic carbocycles. The molecule has 1 saturated heterocycles. The van der Waals surface area contributed by atoms with E-state index in [9.17, 15) is 10.1 Å². The summed E-state index contributed by atoms with van der Waals surface area (Å²) in [7, 11) is -0.659. The third-order valence-electron chi connectivity index (χ3n) is 3.77. The Labute approximate surface area is 128 Å². The molecule has 0 bridgehead atoms. The van der Waals surface area contributed by atoms with Gasteiger partial charge in [-0.1, -0.05) is 26.0 Å². The maximum atomic E-state index is 11.3. The summed E-state index contributed by atoms with van der Waals surface area (Å²) in [5, 5.41) is 11.3. The molecule has 1 aliphatic heterocycles. The van der Waals surface area contributed by atoms with Crippen LogP contribution >= 0.6 is 0 Å². The Morgan fingerprint density at radius 2 is 2.05 bits per heavy atom. The minimum Gasteiger partial charge on any atom is -0.473 e. The van der Waals surface area contributed by atoms with Crippen LogP contribution in [0.1, 0.15) is 25.5 Å². The smallest absolute Gasteiger partial charge is 0.473 e. The highest BCUT2D eigenvalue weighted by Crippen LogP contribution is 2.43. The van der Waals surface area contributed by atoms with Gasteiger partial charge in [0.2, 0.25) is 0 Å². The topological polar surface area (TPSA) is 74.7 Å². The van der Waals surface area contributed by atoms with Crippen molar-refractivity contribution in [3.05, 3.63) is 58.3 Å². The lowest BCUT2D eigenvalue weighted by Gasteiger charge is -2.40. The van der Waals surface area contributed by atoms with Crippen LogP contribution in [0.25, 0.3) is 0 Å². The quantitative estimate of drug-likeness (QED) is 0.495. The molecule has 1 aromatic heterocycles. The fourth-order valence-corrected chi connectivity index (χ4v) is 2.66. The molecule has 0 spiro atoms. The van der Waals surface area contributed by atoms with Crippen LogP contribution in [0.5, 0.6) is 0 Å². The lowest BCUT2D eigenvalue weighted by atomic mass is 9.75. The highest BCUT2D eigenvalue weighted by atomic mass is 16.6. The highest BCUT2D eigenvalue weighted by Gasteiger charge is 2.45. The van der Waals surface area contributed by atoms with Crippen molar-refractivity contribution in [1.82, 2.24) is 0 Å². The monoisotopic (exact) mass is 301 g/mol. The van der Waals surface area contributed by atoms with Crippen molar-refractivity contribution in [2.45, 2.75) is 20.0 Å². The second-order valence-corrected chi connectivity index (χ2v) is 5.98. The van der Waals surface area contributed by atoms with Gasteiger partial charge in [-0.05, 0) is 18.2 Å². The summed E-state index contributed by atoms with van der Waals surface area (Å²) in [5.74, 6) is 0. The first-order valence-corrected chi connectivity index (χ1v) is 7.03. The number of nitrogens with zero attached hydrogens (tertiary/aromatic N) is 1. The summed E-state index contributed by atoms with van der Waals surface area (Å²) < 4.78 is 17.0. The molecule has 1 aliphatic rings. The third kappa shape index (κ3) is 2.65. The van der Waals surface area contributed by atoms with Gasteiger partial charge in [0, 0.05) is 18.1 Å². The molecule has 3 rings (SSSR count). The number of furan rings is 1. The normalized spacial score (nSPS) is 20.8. The molecular formula is C15H16BNO5. The Kier molecular flexibility index (Phi) is 3.76. The van der Waals surface area contributed by atoms with Crippen LogP contribution in [-0.2, 0) is 9.31 Å². The maximum absolute atomic E-state index is 11.3. The molecule has 2 aromatic rings. The van der Waals surface area contributed by atoms with Crippen molar-refractivity contribution < 1.29 is 18.6 Å². The Hall–Kier alpha value is -2.12. The van der Waals surface area contributed by atoms with E-state index in [-0.39, 0.29) is 10.6 Å². The van der Waals surface area contributed by atoms with Gasteiger partial charge in [-0.3, -0.25) is 10.1 Å². The Morgan fingerprint density at radius 3 is 2.73 bits per heavy atom. The summed E-state index contributed by atoms with van der Waals surface area (Å²) in [4.78, 5) is 10.9. The molecule has 0 amide bonds. The van der Waals surface area contributed by atoms with Crippen molar-refractivity contribution in [1.29, 1.82) is 0 Å². The number of rotatable bonds is 3. The zero-order valence-electron chi connectivity index (χ0n) is 12.4. The summed E-state index contributed by atoms with van der Waals surface area (Å²) in [6.45, 7) is 4.34. The summed E-state index contributed by atoms with van der Waals surface area (Å²) in [6, 6.07) is 10.2. The second kappa shape index (κ2) is 5.59. The number of hydrogen-bond acceptors (Lipinski definition) is 5. The first kappa shape index (κ1) is 14.8. The van der Waals surface area contributed by atoms with Gasteiger partial charge in [0.15, 0.2) is 0 Å². The molecule has 7 heteroatoms. The fourth-order valence-electron chi connectivity index (χ4n) is 2.66. The van der Waals surface area contributed by atoms with E-state index in [1.165, 1.54) is 6.07 Å². The first-order valence-electron chi connectivity index (χ1n) is 7.03. The van der Waals surface area contributed by atoms with Crippen molar-refractivity contribution in [2.75, 3.05) is 6.61 Å². The number of nitro groups is 1. The van der Waals surface area contributed by atoms with Crippen LogP contribution in [0.2, 0.25) is 0 Å². The number of hydrogen-bond donors (Lipinski definition) is 0. The van der Waals surface area contributed by atoms with Gasteiger partial charge in [0.05, 0.1) is 22.9 Å². The van der Waals surface area contributed by atoms with Gasteiger partial charge in [-0.2, -0.15) is 0 Å². The van der Waals surface area contributed by atoms with Gasteiger partial charge in [0.25, 0.3) is 5.69 Å². The van der Waals surface area contributed by atoms with Gasteiger partial charge in [-0.15, -0.1) is 0 Å². The van der Waals surface area contributed by atoms with Crippen molar-refractivity contribution in [3.8, 4) is 0 Å². The molecule has 2 heterocycles. The maximum Gasteiger partial charge on any atom is 0.532 e. The summed E-state index contributed by atoms with van der Waals surface area (Å²) in [6.07, 6.45) is 1.08. The van der Waals surface area contributed by atoms with Crippen molar-refractivity contribution in [2.24, 2.45) is 5.41 Å². The highest BCUT2D eigenvalue weighted by molar-refractivity contribution is 6.60. The van der Waals surface area contributed by atoms with Crippen LogP contribution in [0.15, 0.2) is 47.1 Å². The van der Waals surface area contributed by atoms with Crippen molar-refractivity contribution in [3.63, 3.8) is 0 Å². The van der Waals surface area contributed by atoms with E-state index in [0.717, 1.165) is 0 Å². The second-order valence-electron chi connectivity index (χ2n) is 5.98. The zero-order chi connectivity index (χ0) is 15.7. The molecular weight excluding hydrogens is 285 g/mol. The minimum absolute atomic E-state index is 0.0562. The average Bonchev–Trinajstić information content (AvgIpc) is 3.01. The van der Waals surface area contributed by atoms with Crippen LogP contribution in [0.4, 0.5) is 5.69 Å². The first-order chi connectivity index (χ1) is 10.5. The Bertz CT molecular complexity index is 670. The zero-order valence-corrected chi connectivity index (χ0v) is 12.4. The minimum atomic E-state index is -0.659. The van der Waals surface area contributed by atoms with E-state index in [2.05, 4.69) is 0 Å². The lowest BCUT2D eigenvalue weighted by Crippen LogP contribution is -2.48. The van der Waals surface area contributed by atoms with E-state index >= 15 is 0 Å². The standard InChI is InChI=1S/C15H16BNO5/c1-15(2)10-21-16(13-8-5-9-20-13)22-14(15)11-6-3-4-7-12(11)17(18)19/h3-9,14H,10H2,1-2H3. The fraction of sp³-hybridized carbons (Fsp3) is 0.333. The molecule has 0 aliphatic carbocycles. The van der Waals surface area contributed by atoms with Crippen LogP contribution < -0.4 is 5.66 Å². The van der Waals surface area contributed by atoms with Crippen LogP contribution in [-0.4, -0.2) is 18.6 Å². The molecule has 1 atom stereocenters. The average molecular weight is 301 g/mol. The molecule has 1 fully saturated rings. The van der Waals surface area contributed by atoms with E-state index < -0.39 is 18.6 Å². The third-order valence-corrected chi connectivity index (χ3v) is 3.77. The van der Waals surface area contributed by atoms with Crippen LogP contribution in [0.3, 0.4) is 0 Å². The molecule has 0 N–H and O–H groups in total. The molecule has 0 radical (unpaired) electrons. The predicted octanol–water partition coefficient (Wildman–Crippen LogP) is 2.70. The summed E-state index contributed by atoms with van der Waals surface area (Å²) >= 11 is 0. The van der Waals surface area contributed by atoms with Gasteiger partial charge in [-0.25, -0.2) is 0 Å². The van der Waals surface area contributed by atoms with Gasteiger partial charge < -0.3 is 13.7 Å². The lowest BCUT2D eigenvalue weighted by molar-refractivity contribution is -0.386. The Morgan fingerprint density at radius 1 is 1.27 bits per heavy atom. The molecule has 22 heavy (non-hydrogen) atoms. The van der Waals surface area contributed by atoms with E-state index in [1.807, 2.05) is 13.8 Å². The number of para-hydroxylation sites is 1. The molecule has 1 unspecified atom stereocenters. The largest absolute Gasteiger partial charge is 0.532 e. The molecule has 114 valence electrons. The van der Waals surface area contributed by atoms with Gasteiger partial charge >= 0.3 is 7.12 Å². The number of nitro benzene ring substituents is 1. The van der Waals surface area contributed by atoms with E-state index in [4.69, 9.17) is 13.7 Å². The summed E-state index contributed by atoms with van der Waals surface area (Å²) in [5.41, 5.74) is 0.770. The predicted molar refractivity (Wildman–Crippen MR) is 80.8 cm³/mol. The molecule has 0 saturated carbocycles. The number of benzene rings is 1.